The highest BCUT2D eigenvalue weighted by Gasteiger charge is 2.33. The summed E-state index contributed by atoms with van der Waals surface area (Å²) in [6.07, 6.45) is 5.59. The summed E-state index contributed by atoms with van der Waals surface area (Å²) >= 11 is 0. The van der Waals surface area contributed by atoms with E-state index in [1.54, 1.807) is 20.8 Å². The molecule has 2 heterocycles. The first-order chi connectivity index (χ1) is 17.8. The van der Waals surface area contributed by atoms with E-state index in [4.69, 9.17) is 0 Å². The molecule has 0 saturated carbocycles. The van der Waals surface area contributed by atoms with Crippen LogP contribution in [0.25, 0.3) is 6.08 Å². The Morgan fingerprint density at radius 1 is 0.921 bits per heavy atom. The average Bonchev–Trinajstić information content (AvgIpc) is 3.12. The van der Waals surface area contributed by atoms with E-state index in [0.717, 1.165) is 36.9 Å². The van der Waals surface area contributed by atoms with Gasteiger partial charge < -0.3 is 4.55 Å². The lowest BCUT2D eigenvalue weighted by atomic mass is 9.84. The predicted octanol–water partition coefficient (Wildman–Crippen LogP) is 4.23. The second-order valence-corrected chi connectivity index (χ2v) is 11.6. The fraction of sp³-hybridized carbons (Fsp3) is 0.444. The summed E-state index contributed by atoms with van der Waals surface area (Å²) in [6.45, 7) is 7.75. The van der Waals surface area contributed by atoms with Gasteiger partial charge in [-0.15, -0.1) is 0 Å². The quantitative estimate of drug-likeness (QED) is 0.398. The van der Waals surface area contributed by atoms with Crippen LogP contribution in [0.2, 0.25) is 0 Å². The van der Waals surface area contributed by atoms with Gasteiger partial charge in [-0.05, 0) is 62.3 Å². The molecule has 38 heavy (non-hydrogen) atoms. The second-order valence-electron chi connectivity index (χ2n) is 9.41. The van der Waals surface area contributed by atoms with Crippen molar-refractivity contribution < 1.29 is 33.9 Å². The highest BCUT2D eigenvalue weighted by atomic mass is 32.3. The molecule has 3 aliphatic rings. The van der Waals surface area contributed by atoms with Crippen LogP contribution < -0.4 is 0 Å². The van der Waals surface area contributed by atoms with E-state index in [0.29, 0.717) is 0 Å². The van der Waals surface area contributed by atoms with Gasteiger partial charge in [-0.3, -0.25) is 9.18 Å². The Balaban J connectivity index is 0.000000176. The lowest BCUT2D eigenvalue weighted by Gasteiger charge is -2.26. The molecule has 5 rings (SSSR count). The number of hydrogen-bond donors (Lipinski definition) is 0. The van der Waals surface area contributed by atoms with Crippen molar-refractivity contribution in [3.63, 3.8) is 0 Å². The van der Waals surface area contributed by atoms with Crippen LogP contribution in [0.4, 0.5) is 0 Å². The van der Waals surface area contributed by atoms with Crippen molar-refractivity contribution in [3.8, 4) is 0 Å². The van der Waals surface area contributed by atoms with Crippen molar-refractivity contribution in [2.45, 2.75) is 65.3 Å². The molecule has 0 radical (unpaired) electrons. The molecule has 208 valence electrons. The SMILES string of the molecule is C1=NCCc2ccccc21.CC(OS(=O)(=O)[O-])C(C)C1=Cc2ccccc2CC1.CC1OS(=O)(=O)OC1C. The molecule has 0 amide bonds. The zero-order chi connectivity index (χ0) is 27.9. The molecule has 0 aromatic heterocycles. The predicted molar refractivity (Wildman–Crippen MR) is 145 cm³/mol. The zero-order valence-corrected chi connectivity index (χ0v) is 23.6. The highest BCUT2D eigenvalue weighted by molar-refractivity contribution is 7.82. The van der Waals surface area contributed by atoms with Gasteiger partial charge >= 0.3 is 10.4 Å². The molecular formula is C27H34NO8S2-. The van der Waals surface area contributed by atoms with Crippen molar-refractivity contribution in [2.75, 3.05) is 6.54 Å². The fourth-order valence-electron chi connectivity index (χ4n) is 4.17. The molecule has 2 aliphatic heterocycles. The summed E-state index contributed by atoms with van der Waals surface area (Å²) in [4.78, 5) is 4.19. The topological polar surface area (TPSA) is 131 Å². The van der Waals surface area contributed by atoms with Gasteiger partial charge in [0, 0.05) is 18.7 Å². The Morgan fingerprint density at radius 3 is 2.00 bits per heavy atom. The maximum atomic E-state index is 10.6. The van der Waals surface area contributed by atoms with Crippen LogP contribution in [-0.2, 0) is 46.2 Å². The lowest BCUT2D eigenvalue weighted by Crippen LogP contribution is -2.24. The molecule has 0 bridgehead atoms. The fourth-order valence-corrected chi connectivity index (χ4v) is 5.81. The average molecular weight is 565 g/mol. The highest BCUT2D eigenvalue weighted by Crippen LogP contribution is 2.30. The van der Waals surface area contributed by atoms with Gasteiger partial charge in [0.25, 0.3) is 0 Å². The summed E-state index contributed by atoms with van der Waals surface area (Å²) in [6, 6.07) is 16.5. The summed E-state index contributed by atoms with van der Waals surface area (Å²) in [5.74, 6) is -0.0999. The van der Waals surface area contributed by atoms with Crippen molar-refractivity contribution >= 4 is 33.1 Å². The minimum absolute atomic E-state index is 0.0999. The molecule has 2 aromatic rings. The van der Waals surface area contributed by atoms with Gasteiger partial charge in [0.15, 0.2) is 0 Å². The Labute approximate surface area is 225 Å². The molecular weight excluding hydrogens is 530 g/mol. The van der Waals surface area contributed by atoms with Gasteiger partial charge in [0.2, 0.25) is 10.4 Å². The largest absolute Gasteiger partial charge is 0.726 e. The van der Waals surface area contributed by atoms with E-state index in [1.165, 1.54) is 16.7 Å². The summed E-state index contributed by atoms with van der Waals surface area (Å²) in [7, 11) is -8.29. The van der Waals surface area contributed by atoms with Crippen LogP contribution in [0.15, 0.2) is 59.1 Å². The standard InChI is InChI=1S/C14H18O4S.C9H9N.C4H8O4S/c1-10(11(2)18-19(15,16)17)13-8-7-12-5-3-4-6-14(12)9-13;1-2-4-9-7-10-6-5-8(9)3-1;1-3-4(2)8-9(5,6)7-3/h3-6,9-11H,7-8H2,1-2H3,(H,15,16,17);1-4,7H,5-6H2;3-4H,1-2H3/p-1. The van der Waals surface area contributed by atoms with Crippen LogP contribution in [-0.4, -0.2) is 52.5 Å². The Bertz CT molecular complexity index is 1350. The van der Waals surface area contributed by atoms with Gasteiger partial charge in [0.1, 0.15) is 12.2 Å². The van der Waals surface area contributed by atoms with Crippen LogP contribution in [0.5, 0.6) is 0 Å². The van der Waals surface area contributed by atoms with Gasteiger partial charge in [-0.1, -0.05) is 67.1 Å². The number of aliphatic imine (C=N–C) groups is 1. The van der Waals surface area contributed by atoms with E-state index in [2.05, 4.69) is 53.9 Å². The third-order valence-electron chi connectivity index (χ3n) is 6.63. The third kappa shape index (κ3) is 9.11. The zero-order valence-electron chi connectivity index (χ0n) is 21.9. The van der Waals surface area contributed by atoms with E-state index in [1.807, 2.05) is 31.3 Å². The molecule has 2 aromatic carbocycles. The van der Waals surface area contributed by atoms with Crippen molar-refractivity contribution in [2.24, 2.45) is 10.9 Å². The smallest absolute Gasteiger partial charge is 0.400 e. The van der Waals surface area contributed by atoms with Crippen LogP contribution in [0.3, 0.4) is 0 Å². The number of hydrogen-bond acceptors (Lipinski definition) is 9. The van der Waals surface area contributed by atoms with E-state index >= 15 is 0 Å². The van der Waals surface area contributed by atoms with E-state index < -0.39 is 26.9 Å². The molecule has 9 nitrogen and oxygen atoms in total. The maximum absolute atomic E-state index is 10.6. The number of aryl methyl sites for hydroxylation is 1. The second kappa shape index (κ2) is 13.1. The van der Waals surface area contributed by atoms with Gasteiger partial charge in [0.05, 0.1) is 6.10 Å². The molecule has 0 N–H and O–H groups in total. The Hall–Kier alpha value is -2.41. The molecule has 4 unspecified atom stereocenters. The van der Waals surface area contributed by atoms with Crippen molar-refractivity contribution in [1.29, 1.82) is 0 Å². The third-order valence-corrected chi connectivity index (χ3v) is 8.25. The molecule has 1 aliphatic carbocycles. The number of fused-ring (bicyclic) bond motifs is 2. The first kappa shape index (κ1) is 30.1. The Kier molecular flexibility index (Phi) is 10.4. The van der Waals surface area contributed by atoms with Gasteiger partial charge in [-0.25, -0.2) is 16.8 Å². The Morgan fingerprint density at radius 2 is 1.47 bits per heavy atom. The molecule has 1 fully saturated rings. The van der Waals surface area contributed by atoms with E-state index in [-0.39, 0.29) is 18.1 Å². The summed E-state index contributed by atoms with van der Waals surface area (Å²) in [5, 5.41) is 0. The molecule has 11 heteroatoms. The van der Waals surface area contributed by atoms with Crippen LogP contribution >= 0.6 is 0 Å². The molecule has 0 spiro atoms. The van der Waals surface area contributed by atoms with Crippen LogP contribution in [0, 0.1) is 5.92 Å². The molecule has 1 saturated heterocycles. The monoisotopic (exact) mass is 564 g/mol. The first-order valence-corrected chi connectivity index (χ1v) is 15.1. The normalized spacial score (nSPS) is 22.8. The number of rotatable bonds is 4. The minimum Gasteiger partial charge on any atom is -0.726 e. The van der Waals surface area contributed by atoms with Crippen LogP contribution in [0.1, 0.15) is 56.4 Å². The maximum Gasteiger partial charge on any atom is 0.400 e. The lowest BCUT2D eigenvalue weighted by molar-refractivity contribution is 0.157. The number of nitrogens with zero attached hydrogens (tertiary/aromatic N) is 1. The summed E-state index contributed by atoms with van der Waals surface area (Å²) in [5.41, 5.74) is 6.29. The van der Waals surface area contributed by atoms with Crippen molar-refractivity contribution in [1.82, 2.24) is 0 Å². The minimum atomic E-state index is -4.64. The first-order valence-electron chi connectivity index (χ1n) is 12.5. The van der Waals surface area contributed by atoms with E-state index in [9.17, 15) is 21.4 Å². The molecule has 4 atom stereocenters. The van der Waals surface area contributed by atoms with Crippen molar-refractivity contribution in [3.05, 3.63) is 76.4 Å². The van der Waals surface area contributed by atoms with Gasteiger partial charge in [-0.2, -0.15) is 8.42 Å². The number of benzene rings is 2. The summed E-state index contributed by atoms with van der Waals surface area (Å²) < 4.78 is 66.0.